The van der Waals surface area contributed by atoms with E-state index >= 15 is 0 Å². The molecule has 0 unspecified atom stereocenters. The van der Waals surface area contributed by atoms with E-state index in [0.717, 1.165) is 0 Å². The van der Waals surface area contributed by atoms with Crippen LogP contribution in [0.5, 0.6) is 0 Å². The molecule has 6 heteroatoms. The number of aromatic nitrogens is 1. The van der Waals surface area contributed by atoms with Crippen molar-refractivity contribution in [3.63, 3.8) is 0 Å². The van der Waals surface area contributed by atoms with Crippen LogP contribution >= 0.6 is 10.7 Å². The third-order valence-corrected chi connectivity index (χ3v) is 2.09. The van der Waals surface area contributed by atoms with Crippen molar-refractivity contribution in [2.45, 2.75) is 12.7 Å². The first-order valence-corrected chi connectivity index (χ1v) is 5.29. The highest BCUT2D eigenvalue weighted by atomic mass is 35.7. The Labute approximate surface area is 68.6 Å². The van der Waals surface area contributed by atoms with Crippen molar-refractivity contribution in [2.24, 2.45) is 0 Å². The van der Waals surface area contributed by atoms with E-state index in [1.807, 2.05) is 0 Å². The van der Waals surface area contributed by atoms with E-state index in [0.29, 0.717) is 11.3 Å². The molecule has 1 rings (SSSR count). The maximum Gasteiger partial charge on any atom is 0.239 e. The van der Waals surface area contributed by atoms with Crippen molar-refractivity contribution in [1.82, 2.24) is 5.16 Å². The Kier molecular flexibility index (Phi) is 2.20. The molecule has 0 aliphatic heterocycles. The lowest BCUT2D eigenvalue weighted by molar-refractivity contribution is 0.392. The second-order valence-electron chi connectivity index (χ2n) is 2.12. The molecule has 0 N–H and O–H groups in total. The standard InChI is InChI=1S/C5H6ClNO3S/c1-4-2-7-10-5(4)3-11(6,8)9/h2H,3H2,1H3. The van der Waals surface area contributed by atoms with Crippen LogP contribution in [0.15, 0.2) is 10.7 Å². The predicted octanol–water partition coefficient (Wildman–Crippen LogP) is 1.05. The van der Waals surface area contributed by atoms with Crippen molar-refractivity contribution in [3.05, 3.63) is 17.5 Å². The molecule has 0 atom stereocenters. The van der Waals surface area contributed by atoms with Gasteiger partial charge in [0.05, 0.1) is 6.20 Å². The number of hydrogen-bond donors (Lipinski definition) is 0. The van der Waals surface area contributed by atoms with E-state index in [4.69, 9.17) is 10.7 Å². The maximum atomic E-state index is 10.5. The summed E-state index contributed by atoms with van der Waals surface area (Å²) in [6.45, 7) is 1.70. The van der Waals surface area contributed by atoms with Gasteiger partial charge in [0, 0.05) is 16.2 Å². The van der Waals surface area contributed by atoms with Gasteiger partial charge in [0.15, 0.2) is 5.76 Å². The van der Waals surface area contributed by atoms with E-state index in [9.17, 15) is 8.42 Å². The van der Waals surface area contributed by atoms with Gasteiger partial charge in [0.1, 0.15) is 5.75 Å². The number of halogens is 1. The fourth-order valence-electron chi connectivity index (χ4n) is 0.610. The predicted molar refractivity (Wildman–Crippen MR) is 39.7 cm³/mol. The molecular weight excluding hydrogens is 190 g/mol. The molecule has 0 radical (unpaired) electrons. The summed E-state index contributed by atoms with van der Waals surface area (Å²) in [4.78, 5) is 0. The molecule has 4 nitrogen and oxygen atoms in total. The van der Waals surface area contributed by atoms with Crippen LogP contribution in [-0.2, 0) is 14.8 Å². The van der Waals surface area contributed by atoms with Gasteiger partial charge in [-0.3, -0.25) is 0 Å². The maximum absolute atomic E-state index is 10.5. The van der Waals surface area contributed by atoms with Gasteiger partial charge >= 0.3 is 0 Å². The van der Waals surface area contributed by atoms with Gasteiger partial charge in [-0.1, -0.05) is 5.16 Å². The van der Waals surface area contributed by atoms with Crippen molar-refractivity contribution in [2.75, 3.05) is 0 Å². The van der Waals surface area contributed by atoms with Crippen LogP contribution in [0.25, 0.3) is 0 Å². The first-order valence-electron chi connectivity index (χ1n) is 2.81. The highest BCUT2D eigenvalue weighted by molar-refractivity contribution is 8.13. The molecule has 0 aliphatic rings. The molecule has 1 heterocycles. The molecule has 62 valence electrons. The van der Waals surface area contributed by atoms with Gasteiger partial charge < -0.3 is 4.52 Å². The summed E-state index contributed by atoms with van der Waals surface area (Å²) in [6, 6.07) is 0. The Morgan fingerprint density at radius 3 is 2.73 bits per heavy atom. The number of rotatable bonds is 2. The van der Waals surface area contributed by atoms with Crippen molar-refractivity contribution >= 4 is 19.7 Å². The van der Waals surface area contributed by atoms with Crippen LogP contribution in [0.4, 0.5) is 0 Å². The Hall–Kier alpha value is -0.550. The molecule has 0 bridgehead atoms. The van der Waals surface area contributed by atoms with Crippen LogP contribution in [0, 0.1) is 6.92 Å². The minimum atomic E-state index is -3.53. The molecule has 0 aromatic carbocycles. The van der Waals surface area contributed by atoms with Crippen LogP contribution < -0.4 is 0 Å². The van der Waals surface area contributed by atoms with Crippen LogP contribution in [-0.4, -0.2) is 13.6 Å². The largest absolute Gasteiger partial charge is 0.360 e. The molecule has 0 spiro atoms. The minimum Gasteiger partial charge on any atom is -0.360 e. The second kappa shape index (κ2) is 2.83. The number of hydrogen-bond acceptors (Lipinski definition) is 4. The van der Waals surface area contributed by atoms with Crippen molar-refractivity contribution in [3.8, 4) is 0 Å². The van der Waals surface area contributed by atoms with Crippen LogP contribution in [0.1, 0.15) is 11.3 Å². The quantitative estimate of drug-likeness (QED) is 0.662. The van der Waals surface area contributed by atoms with Crippen molar-refractivity contribution < 1.29 is 12.9 Å². The molecule has 0 saturated heterocycles. The topological polar surface area (TPSA) is 60.2 Å². The summed E-state index contributed by atoms with van der Waals surface area (Å²) < 4.78 is 25.7. The molecule has 0 saturated carbocycles. The zero-order valence-corrected chi connectivity index (χ0v) is 7.32. The Morgan fingerprint density at radius 2 is 2.36 bits per heavy atom. The average molecular weight is 196 g/mol. The summed E-state index contributed by atoms with van der Waals surface area (Å²) in [7, 11) is 1.45. The normalized spacial score (nSPS) is 11.8. The van der Waals surface area contributed by atoms with Crippen LogP contribution in [0.3, 0.4) is 0 Å². The average Bonchev–Trinajstić information content (AvgIpc) is 2.12. The van der Waals surface area contributed by atoms with E-state index in [2.05, 4.69) is 9.68 Å². The minimum absolute atomic E-state index is 0.292. The SMILES string of the molecule is Cc1cnoc1CS(=O)(=O)Cl. The van der Waals surface area contributed by atoms with Gasteiger partial charge in [-0.2, -0.15) is 0 Å². The highest BCUT2D eigenvalue weighted by Gasteiger charge is 2.12. The van der Waals surface area contributed by atoms with Gasteiger partial charge in [-0.15, -0.1) is 0 Å². The summed E-state index contributed by atoms with van der Waals surface area (Å²) in [6.07, 6.45) is 1.44. The molecular formula is C5H6ClNO3S. The van der Waals surface area contributed by atoms with E-state index in [1.165, 1.54) is 6.20 Å². The highest BCUT2D eigenvalue weighted by Crippen LogP contribution is 2.12. The molecule has 11 heavy (non-hydrogen) atoms. The first kappa shape index (κ1) is 8.55. The first-order chi connectivity index (χ1) is 4.99. The lowest BCUT2D eigenvalue weighted by Crippen LogP contribution is -1.94. The van der Waals surface area contributed by atoms with Crippen LogP contribution in [0.2, 0.25) is 0 Å². The summed E-state index contributed by atoms with van der Waals surface area (Å²) in [5, 5.41) is 3.41. The fraction of sp³-hybridized carbons (Fsp3) is 0.400. The molecule has 1 aromatic rings. The second-order valence-corrected chi connectivity index (χ2v) is 4.89. The van der Waals surface area contributed by atoms with Crippen molar-refractivity contribution in [1.29, 1.82) is 0 Å². The van der Waals surface area contributed by atoms with E-state index in [1.54, 1.807) is 6.92 Å². The molecule has 0 fully saturated rings. The lowest BCUT2D eigenvalue weighted by Gasteiger charge is -1.90. The zero-order chi connectivity index (χ0) is 8.48. The zero-order valence-electron chi connectivity index (χ0n) is 5.74. The van der Waals surface area contributed by atoms with E-state index < -0.39 is 9.05 Å². The van der Waals surface area contributed by atoms with Gasteiger partial charge in [0.25, 0.3) is 0 Å². The summed E-state index contributed by atoms with van der Waals surface area (Å²) in [5.41, 5.74) is 0.689. The van der Waals surface area contributed by atoms with Gasteiger partial charge in [-0.05, 0) is 6.92 Å². The molecule has 0 amide bonds. The number of nitrogens with zero attached hydrogens (tertiary/aromatic N) is 1. The molecule has 1 aromatic heterocycles. The Morgan fingerprint density at radius 1 is 1.73 bits per heavy atom. The van der Waals surface area contributed by atoms with E-state index in [-0.39, 0.29) is 5.75 Å². The Bertz CT molecular complexity index is 342. The summed E-state index contributed by atoms with van der Waals surface area (Å²) >= 11 is 0. The summed E-state index contributed by atoms with van der Waals surface area (Å²) in [5.74, 6) is -0.0135. The van der Waals surface area contributed by atoms with Gasteiger partial charge in [-0.25, -0.2) is 8.42 Å². The smallest absolute Gasteiger partial charge is 0.239 e. The third kappa shape index (κ3) is 2.51. The molecule has 0 aliphatic carbocycles. The fourth-order valence-corrected chi connectivity index (χ4v) is 1.50. The number of aryl methyl sites for hydroxylation is 1. The van der Waals surface area contributed by atoms with Gasteiger partial charge in [0.2, 0.25) is 9.05 Å². The Balaban J connectivity index is 2.89. The lowest BCUT2D eigenvalue weighted by atomic mass is 10.3. The third-order valence-electron chi connectivity index (χ3n) is 1.15. The monoisotopic (exact) mass is 195 g/mol.